The molecule has 0 aromatic rings. The maximum absolute atomic E-state index is 11.9. The maximum Gasteiger partial charge on any atom is 0.326 e. The molecular weight excluding hydrogens is 232 g/mol. The lowest BCUT2D eigenvalue weighted by Crippen LogP contribution is -2.47. The van der Waals surface area contributed by atoms with Gasteiger partial charge in [0.2, 0.25) is 5.91 Å². The number of rotatable bonds is 4. The molecule has 1 amide bonds. The molecule has 1 aliphatic heterocycles. The Bertz CT molecular complexity index is 326. The maximum atomic E-state index is 11.9. The molecule has 0 aromatic heterocycles. The van der Waals surface area contributed by atoms with Crippen LogP contribution in [-0.4, -0.2) is 41.0 Å². The summed E-state index contributed by atoms with van der Waals surface area (Å²) in [4.78, 5) is 25.0. The number of carbonyl (C=O) groups is 2. The van der Waals surface area contributed by atoms with Gasteiger partial charge in [-0.05, 0) is 31.2 Å². The van der Waals surface area contributed by atoms with Crippen LogP contribution in [0.4, 0.5) is 0 Å². The number of hydrogen-bond acceptors (Lipinski definition) is 3. The lowest BCUT2D eigenvalue weighted by molar-refractivity contribution is -0.151. The smallest absolute Gasteiger partial charge is 0.326 e. The first kappa shape index (κ1) is 13.3. The van der Waals surface area contributed by atoms with Crippen molar-refractivity contribution in [2.45, 2.75) is 44.6 Å². The van der Waals surface area contributed by atoms with Crippen LogP contribution in [0, 0.1) is 11.8 Å². The van der Waals surface area contributed by atoms with Gasteiger partial charge in [-0.15, -0.1) is 0 Å². The van der Waals surface area contributed by atoms with Gasteiger partial charge in [-0.25, -0.2) is 4.79 Å². The number of hydrogen-bond donors (Lipinski definition) is 2. The van der Waals surface area contributed by atoms with Crippen molar-refractivity contribution in [3.05, 3.63) is 0 Å². The Morgan fingerprint density at radius 2 is 2.06 bits per heavy atom. The van der Waals surface area contributed by atoms with Crippen LogP contribution < -0.4 is 5.73 Å². The standard InChI is InChI=1S/C13H22N2O3/c14-7-9-6-11(16)15(8-9)12(13(17)18)10-4-2-1-3-5-10/h9-10,12H,1-8,14H2,(H,17,18). The van der Waals surface area contributed by atoms with E-state index in [1.54, 1.807) is 4.90 Å². The summed E-state index contributed by atoms with van der Waals surface area (Å²) in [6, 6.07) is -0.630. The molecule has 0 aromatic carbocycles. The topological polar surface area (TPSA) is 83.6 Å². The van der Waals surface area contributed by atoms with Crippen molar-refractivity contribution in [2.24, 2.45) is 17.6 Å². The first-order chi connectivity index (χ1) is 8.63. The fourth-order valence-electron chi connectivity index (χ4n) is 3.27. The lowest BCUT2D eigenvalue weighted by atomic mass is 9.83. The van der Waals surface area contributed by atoms with E-state index in [-0.39, 0.29) is 17.7 Å². The Hall–Kier alpha value is -1.10. The molecule has 1 aliphatic carbocycles. The van der Waals surface area contributed by atoms with Crippen molar-refractivity contribution < 1.29 is 14.7 Å². The predicted octanol–water partition coefficient (Wildman–Crippen LogP) is 0.827. The van der Waals surface area contributed by atoms with Crippen molar-refractivity contribution >= 4 is 11.9 Å². The molecule has 1 saturated carbocycles. The van der Waals surface area contributed by atoms with E-state index in [4.69, 9.17) is 5.73 Å². The molecule has 2 unspecified atom stereocenters. The molecular formula is C13H22N2O3. The molecule has 2 aliphatic rings. The third-order valence-corrected chi connectivity index (χ3v) is 4.26. The largest absolute Gasteiger partial charge is 0.480 e. The number of carbonyl (C=O) groups excluding carboxylic acids is 1. The highest BCUT2D eigenvalue weighted by Gasteiger charge is 2.41. The van der Waals surface area contributed by atoms with E-state index in [1.807, 2.05) is 0 Å². The summed E-state index contributed by atoms with van der Waals surface area (Å²) in [5.41, 5.74) is 5.59. The van der Waals surface area contributed by atoms with Crippen LogP contribution in [-0.2, 0) is 9.59 Å². The predicted molar refractivity (Wildman–Crippen MR) is 66.9 cm³/mol. The van der Waals surface area contributed by atoms with Gasteiger partial charge >= 0.3 is 5.97 Å². The molecule has 102 valence electrons. The summed E-state index contributed by atoms with van der Waals surface area (Å²) >= 11 is 0. The number of carboxylic acids is 1. The van der Waals surface area contributed by atoms with E-state index < -0.39 is 12.0 Å². The van der Waals surface area contributed by atoms with Crippen LogP contribution in [0.15, 0.2) is 0 Å². The number of nitrogens with two attached hydrogens (primary N) is 1. The molecule has 3 N–H and O–H groups in total. The van der Waals surface area contributed by atoms with Crippen molar-refractivity contribution in [1.29, 1.82) is 0 Å². The molecule has 2 rings (SSSR count). The first-order valence-electron chi connectivity index (χ1n) is 6.85. The molecule has 5 heteroatoms. The Balaban J connectivity index is 2.09. The van der Waals surface area contributed by atoms with E-state index in [2.05, 4.69) is 0 Å². The average Bonchev–Trinajstić information content (AvgIpc) is 2.72. The van der Waals surface area contributed by atoms with E-state index in [0.29, 0.717) is 19.5 Å². The van der Waals surface area contributed by atoms with Gasteiger partial charge in [-0.2, -0.15) is 0 Å². The van der Waals surface area contributed by atoms with Crippen molar-refractivity contribution in [2.75, 3.05) is 13.1 Å². The van der Waals surface area contributed by atoms with Gasteiger partial charge in [0.25, 0.3) is 0 Å². The fraction of sp³-hybridized carbons (Fsp3) is 0.846. The SMILES string of the molecule is NCC1CC(=O)N(C(C(=O)O)C2CCCCC2)C1. The molecule has 5 nitrogen and oxygen atoms in total. The van der Waals surface area contributed by atoms with E-state index in [1.165, 1.54) is 6.42 Å². The summed E-state index contributed by atoms with van der Waals surface area (Å²) in [5.74, 6) is -0.643. The van der Waals surface area contributed by atoms with Crippen LogP contribution in [0.2, 0.25) is 0 Å². The Labute approximate surface area is 107 Å². The second-order valence-corrected chi connectivity index (χ2v) is 5.53. The molecule has 1 heterocycles. The van der Waals surface area contributed by atoms with Gasteiger partial charge < -0.3 is 15.7 Å². The van der Waals surface area contributed by atoms with Gasteiger partial charge in [0.1, 0.15) is 6.04 Å². The number of amides is 1. The van der Waals surface area contributed by atoms with Crippen LogP contribution >= 0.6 is 0 Å². The summed E-state index contributed by atoms with van der Waals surface area (Å²) in [7, 11) is 0. The minimum Gasteiger partial charge on any atom is -0.480 e. The zero-order chi connectivity index (χ0) is 13.1. The van der Waals surface area contributed by atoms with Gasteiger partial charge in [-0.3, -0.25) is 4.79 Å². The third-order valence-electron chi connectivity index (χ3n) is 4.26. The highest BCUT2D eigenvalue weighted by molar-refractivity contribution is 5.85. The van der Waals surface area contributed by atoms with Gasteiger partial charge in [0.15, 0.2) is 0 Å². The van der Waals surface area contributed by atoms with Crippen molar-refractivity contribution in [1.82, 2.24) is 4.90 Å². The number of aliphatic carboxylic acids is 1. The monoisotopic (exact) mass is 254 g/mol. The van der Waals surface area contributed by atoms with Crippen LogP contribution in [0.1, 0.15) is 38.5 Å². The third kappa shape index (κ3) is 2.66. The highest BCUT2D eigenvalue weighted by Crippen LogP contribution is 2.32. The van der Waals surface area contributed by atoms with Crippen molar-refractivity contribution in [3.8, 4) is 0 Å². The molecule has 0 bridgehead atoms. The van der Waals surface area contributed by atoms with Crippen LogP contribution in [0.5, 0.6) is 0 Å². The molecule has 0 radical (unpaired) electrons. The molecule has 18 heavy (non-hydrogen) atoms. The summed E-state index contributed by atoms with van der Waals surface area (Å²) in [6.45, 7) is 0.974. The van der Waals surface area contributed by atoms with Crippen molar-refractivity contribution in [3.63, 3.8) is 0 Å². The Kier molecular flexibility index (Phi) is 4.22. The van der Waals surface area contributed by atoms with Gasteiger partial charge in [0.05, 0.1) is 0 Å². The average molecular weight is 254 g/mol. The number of likely N-dealkylation sites (tertiary alicyclic amines) is 1. The van der Waals surface area contributed by atoms with Gasteiger partial charge in [-0.1, -0.05) is 19.3 Å². The molecule has 0 spiro atoms. The molecule has 2 fully saturated rings. The Morgan fingerprint density at radius 1 is 1.39 bits per heavy atom. The fourth-order valence-corrected chi connectivity index (χ4v) is 3.27. The summed E-state index contributed by atoms with van der Waals surface area (Å²) < 4.78 is 0. The van der Waals surface area contributed by atoms with Crippen LogP contribution in [0.3, 0.4) is 0 Å². The summed E-state index contributed by atoms with van der Waals surface area (Å²) in [6.07, 6.45) is 5.60. The zero-order valence-corrected chi connectivity index (χ0v) is 10.7. The minimum atomic E-state index is -0.854. The second kappa shape index (κ2) is 5.69. The van der Waals surface area contributed by atoms with Gasteiger partial charge in [0, 0.05) is 13.0 Å². The van der Waals surface area contributed by atoms with E-state index in [9.17, 15) is 14.7 Å². The highest BCUT2D eigenvalue weighted by atomic mass is 16.4. The minimum absolute atomic E-state index is 0.0385. The lowest BCUT2D eigenvalue weighted by Gasteiger charge is -2.33. The number of carboxylic acid groups (broad SMARTS) is 1. The van der Waals surface area contributed by atoms with E-state index >= 15 is 0 Å². The summed E-state index contributed by atoms with van der Waals surface area (Å²) in [5, 5.41) is 9.44. The zero-order valence-electron chi connectivity index (χ0n) is 10.7. The molecule has 2 atom stereocenters. The quantitative estimate of drug-likeness (QED) is 0.778. The molecule has 1 saturated heterocycles. The van der Waals surface area contributed by atoms with Crippen LogP contribution in [0.25, 0.3) is 0 Å². The normalized spacial score (nSPS) is 27.5. The second-order valence-electron chi connectivity index (χ2n) is 5.53. The Morgan fingerprint density at radius 3 is 2.56 bits per heavy atom. The first-order valence-corrected chi connectivity index (χ1v) is 6.85. The van der Waals surface area contributed by atoms with E-state index in [0.717, 1.165) is 25.7 Å². The number of nitrogens with zero attached hydrogens (tertiary/aromatic N) is 1.